The Kier molecular flexibility index (Phi) is 4.38. The summed E-state index contributed by atoms with van der Waals surface area (Å²) in [6, 6.07) is 7.06. The van der Waals surface area contributed by atoms with Gasteiger partial charge in [-0.2, -0.15) is 0 Å². The first-order valence-corrected chi connectivity index (χ1v) is 7.12. The second-order valence-corrected chi connectivity index (χ2v) is 5.46. The van der Waals surface area contributed by atoms with Crippen molar-refractivity contribution in [3.63, 3.8) is 0 Å². The van der Waals surface area contributed by atoms with Crippen LogP contribution in [0.15, 0.2) is 29.6 Å². The molecule has 0 radical (unpaired) electrons. The third-order valence-corrected chi connectivity index (χ3v) is 4.24. The van der Waals surface area contributed by atoms with E-state index >= 15 is 0 Å². The summed E-state index contributed by atoms with van der Waals surface area (Å²) in [7, 11) is 0. The molecule has 2 rings (SSSR count). The molecule has 0 amide bonds. The Hall–Kier alpha value is -0.900. The number of hydrogen-bond donors (Lipinski definition) is 1. The highest BCUT2D eigenvalue weighted by molar-refractivity contribution is 7.10. The zero-order valence-corrected chi connectivity index (χ0v) is 11.9. The summed E-state index contributed by atoms with van der Waals surface area (Å²) in [6.45, 7) is 4.82. The van der Waals surface area contributed by atoms with Gasteiger partial charge in [0.25, 0.3) is 0 Å². The van der Waals surface area contributed by atoms with Crippen molar-refractivity contribution in [2.75, 3.05) is 6.54 Å². The summed E-state index contributed by atoms with van der Waals surface area (Å²) in [4.78, 5) is 1.14. The van der Waals surface area contributed by atoms with Crippen molar-refractivity contribution in [2.45, 2.75) is 19.9 Å². The molecule has 1 aromatic carbocycles. The minimum Gasteiger partial charge on any atom is -0.306 e. The van der Waals surface area contributed by atoms with Crippen molar-refractivity contribution < 1.29 is 4.39 Å². The van der Waals surface area contributed by atoms with Crippen LogP contribution in [0.5, 0.6) is 0 Å². The van der Waals surface area contributed by atoms with Gasteiger partial charge in [-0.05, 0) is 36.5 Å². The van der Waals surface area contributed by atoms with Crippen molar-refractivity contribution in [1.29, 1.82) is 0 Å². The Morgan fingerprint density at radius 1 is 1.39 bits per heavy atom. The van der Waals surface area contributed by atoms with Crippen LogP contribution >= 0.6 is 22.9 Å². The molecular weight excluding hydrogens is 269 g/mol. The van der Waals surface area contributed by atoms with E-state index in [0.29, 0.717) is 5.56 Å². The van der Waals surface area contributed by atoms with Crippen LogP contribution in [-0.4, -0.2) is 6.54 Å². The maximum atomic E-state index is 14.1. The van der Waals surface area contributed by atoms with Gasteiger partial charge in [0.2, 0.25) is 0 Å². The van der Waals surface area contributed by atoms with Crippen LogP contribution in [-0.2, 0) is 0 Å². The Balaban J connectivity index is 2.48. The summed E-state index contributed by atoms with van der Waals surface area (Å²) in [5.74, 6) is -0.335. The lowest BCUT2D eigenvalue weighted by Gasteiger charge is -2.19. The third-order valence-electron chi connectivity index (χ3n) is 2.86. The molecule has 1 nitrogen and oxygen atoms in total. The molecule has 0 saturated carbocycles. The molecule has 4 heteroatoms. The maximum absolute atomic E-state index is 14.1. The van der Waals surface area contributed by atoms with E-state index in [4.69, 9.17) is 11.6 Å². The van der Waals surface area contributed by atoms with Crippen molar-refractivity contribution in [2.24, 2.45) is 0 Å². The summed E-state index contributed by atoms with van der Waals surface area (Å²) in [5.41, 5.74) is 1.78. The highest BCUT2D eigenvalue weighted by Gasteiger charge is 2.20. The minimum atomic E-state index is -0.335. The van der Waals surface area contributed by atoms with Crippen molar-refractivity contribution in [3.05, 3.63) is 56.5 Å². The fourth-order valence-corrected chi connectivity index (χ4v) is 3.17. The van der Waals surface area contributed by atoms with E-state index in [1.807, 2.05) is 25.3 Å². The predicted octanol–water partition coefficient (Wildman–Crippen LogP) is 4.55. The average molecular weight is 284 g/mol. The van der Waals surface area contributed by atoms with Gasteiger partial charge in [0.1, 0.15) is 5.82 Å². The largest absolute Gasteiger partial charge is 0.306 e. The van der Waals surface area contributed by atoms with Crippen LogP contribution in [0.4, 0.5) is 4.39 Å². The molecule has 0 aliphatic rings. The molecule has 0 aliphatic heterocycles. The van der Waals surface area contributed by atoms with E-state index in [1.54, 1.807) is 29.5 Å². The lowest BCUT2D eigenvalue weighted by molar-refractivity contribution is 0.562. The third kappa shape index (κ3) is 2.58. The Morgan fingerprint density at radius 3 is 2.78 bits per heavy atom. The summed E-state index contributed by atoms with van der Waals surface area (Å²) in [5, 5.41) is 5.52. The number of aryl methyl sites for hydroxylation is 1. The number of rotatable bonds is 4. The number of halogens is 2. The molecule has 0 fully saturated rings. The molecule has 1 unspecified atom stereocenters. The molecule has 0 bridgehead atoms. The lowest BCUT2D eigenvalue weighted by atomic mass is 10.0. The van der Waals surface area contributed by atoms with E-state index in [1.165, 1.54) is 5.56 Å². The van der Waals surface area contributed by atoms with E-state index in [-0.39, 0.29) is 16.9 Å². The second kappa shape index (κ2) is 5.83. The van der Waals surface area contributed by atoms with Gasteiger partial charge >= 0.3 is 0 Å². The first-order chi connectivity index (χ1) is 8.65. The van der Waals surface area contributed by atoms with Gasteiger partial charge < -0.3 is 5.32 Å². The molecule has 2 aromatic rings. The molecule has 0 aliphatic carbocycles. The minimum absolute atomic E-state index is 0.131. The number of benzene rings is 1. The first-order valence-electron chi connectivity index (χ1n) is 5.86. The van der Waals surface area contributed by atoms with Gasteiger partial charge in [-0.3, -0.25) is 0 Å². The fourth-order valence-electron chi connectivity index (χ4n) is 1.97. The first kappa shape index (κ1) is 13.5. The molecule has 1 heterocycles. The van der Waals surface area contributed by atoms with Crippen molar-refractivity contribution >= 4 is 22.9 Å². The molecule has 0 spiro atoms. The van der Waals surface area contributed by atoms with Gasteiger partial charge in [-0.1, -0.05) is 30.7 Å². The fraction of sp³-hybridized carbons (Fsp3) is 0.286. The molecule has 96 valence electrons. The van der Waals surface area contributed by atoms with Gasteiger partial charge in [0.05, 0.1) is 11.1 Å². The van der Waals surface area contributed by atoms with E-state index in [0.717, 1.165) is 11.4 Å². The maximum Gasteiger partial charge on any atom is 0.146 e. The SMILES string of the molecule is CCNC(c1cccc(Cl)c1F)c1sccc1C. The molecule has 0 saturated heterocycles. The van der Waals surface area contributed by atoms with Gasteiger partial charge in [0, 0.05) is 10.4 Å². The highest BCUT2D eigenvalue weighted by Crippen LogP contribution is 2.32. The van der Waals surface area contributed by atoms with Crippen molar-refractivity contribution in [1.82, 2.24) is 5.32 Å². The molecule has 1 aromatic heterocycles. The van der Waals surface area contributed by atoms with E-state index < -0.39 is 0 Å². The summed E-state index contributed by atoms with van der Waals surface area (Å²) in [6.07, 6.45) is 0. The Labute approximate surface area is 116 Å². The zero-order chi connectivity index (χ0) is 13.1. The number of nitrogens with one attached hydrogen (secondary N) is 1. The average Bonchev–Trinajstić information content (AvgIpc) is 2.76. The van der Waals surface area contributed by atoms with Crippen LogP contribution in [0.3, 0.4) is 0 Å². The molecule has 1 atom stereocenters. The Bertz CT molecular complexity index is 538. The molecule has 1 N–H and O–H groups in total. The predicted molar refractivity (Wildman–Crippen MR) is 76.0 cm³/mol. The number of hydrogen-bond acceptors (Lipinski definition) is 2. The van der Waals surface area contributed by atoms with Crippen LogP contribution in [0.25, 0.3) is 0 Å². The van der Waals surface area contributed by atoms with Crippen LogP contribution in [0.2, 0.25) is 5.02 Å². The number of thiophene rings is 1. The normalized spacial score (nSPS) is 12.7. The zero-order valence-electron chi connectivity index (χ0n) is 10.3. The lowest BCUT2D eigenvalue weighted by Crippen LogP contribution is -2.22. The van der Waals surface area contributed by atoms with Crippen LogP contribution in [0, 0.1) is 12.7 Å². The van der Waals surface area contributed by atoms with Gasteiger partial charge in [0.15, 0.2) is 0 Å². The monoisotopic (exact) mass is 283 g/mol. The van der Waals surface area contributed by atoms with Crippen molar-refractivity contribution in [3.8, 4) is 0 Å². The van der Waals surface area contributed by atoms with Gasteiger partial charge in [-0.15, -0.1) is 11.3 Å². The summed E-state index contributed by atoms with van der Waals surface area (Å²) >= 11 is 7.49. The van der Waals surface area contributed by atoms with Crippen LogP contribution in [0.1, 0.15) is 29.0 Å². The smallest absolute Gasteiger partial charge is 0.146 e. The van der Waals surface area contributed by atoms with E-state index in [2.05, 4.69) is 5.32 Å². The molecule has 18 heavy (non-hydrogen) atoms. The summed E-state index contributed by atoms with van der Waals surface area (Å²) < 4.78 is 14.1. The quantitative estimate of drug-likeness (QED) is 0.868. The highest BCUT2D eigenvalue weighted by atomic mass is 35.5. The van der Waals surface area contributed by atoms with E-state index in [9.17, 15) is 4.39 Å². The van der Waals surface area contributed by atoms with Gasteiger partial charge in [-0.25, -0.2) is 4.39 Å². The second-order valence-electron chi connectivity index (χ2n) is 4.10. The van der Waals surface area contributed by atoms with Crippen LogP contribution < -0.4 is 5.32 Å². The Morgan fingerprint density at radius 2 is 2.17 bits per heavy atom. The molecular formula is C14H15ClFNS. The topological polar surface area (TPSA) is 12.0 Å². The standard InChI is InChI=1S/C14H15ClFNS/c1-3-17-13(14-9(2)7-8-18-14)10-5-4-6-11(15)12(10)16/h4-8,13,17H,3H2,1-2H3.